The Morgan fingerprint density at radius 1 is 1.40 bits per heavy atom. The van der Waals surface area contributed by atoms with Crippen molar-refractivity contribution in [1.29, 1.82) is 0 Å². The Morgan fingerprint density at radius 3 is 2.85 bits per heavy atom. The molecule has 1 aromatic heterocycles. The van der Waals surface area contributed by atoms with Crippen molar-refractivity contribution in [2.24, 2.45) is 5.92 Å². The smallest absolute Gasteiger partial charge is 0.303 e. The van der Waals surface area contributed by atoms with E-state index in [4.69, 9.17) is 5.11 Å². The number of aromatic nitrogens is 2. The Bertz CT molecular complexity index is 466. The molecular formula is C13H18N4O3. The highest BCUT2D eigenvalue weighted by molar-refractivity contribution is 5.90. The van der Waals surface area contributed by atoms with Gasteiger partial charge < -0.3 is 5.11 Å². The number of hydrogen-bond acceptors (Lipinski definition) is 5. The number of aliphatic carboxylic acids is 1. The van der Waals surface area contributed by atoms with Gasteiger partial charge in [-0.3, -0.25) is 19.8 Å². The maximum Gasteiger partial charge on any atom is 0.303 e. The summed E-state index contributed by atoms with van der Waals surface area (Å²) in [7, 11) is 0. The number of hydrogen-bond donors (Lipinski definition) is 2. The molecule has 1 aliphatic heterocycles. The van der Waals surface area contributed by atoms with E-state index in [-0.39, 0.29) is 12.3 Å². The number of carboxylic acid groups (broad SMARTS) is 1. The summed E-state index contributed by atoms with van der Waals surface area (Å²) >= 11 is 0. The van der Waals surface area contributed by atoms with Gasteiger partial charge in [-0.2, -0.15) is 0 Å². The van der Waals surface area contributed by atoms with E-state index in [1.54, 1.807) is 18.5 Å². The molecule has 1 aromatic rings. The van der Waals surface area contributed by atoms with E-state index in [0.29, 0.717) is 24.8 Å². The molecule has 1 unspecified atom stereocenters. The number of amides is 1. The molecule has 1 amide bonds. The number of carbonyl (C=O) groups is 2. The first kappa shape index (κ1) is 14.4. The van der Waals surface area contributed by atoms with Crippen LogP contribution in [0.2, 0.25) is 0 Å². The first-order valence-electron chi connectivity index (χ1n) is 6.64. The minimum atomic E-state index is -0.762. The van der Waals surface area contributed by atoms with Crippen molar-refractivity contribution < 1.29 is 14.7 Å². The summed E-state index contributed by atoms with van der Waals surface area (Å²) in [6.07, 6.45) is 4.96. The van der Waals surface area contributed by atoms with Gasteiger partial charge in [0.2, 0.25) is 11.9 Å². The topological polar surface area (TPSA) is 95.4 Å². The van der Waals surface area contributed by atoms with Crippen LogP contribution in [-0.2, 0) is 9.59 Å². The number of anilines is 1. The molecule has 1 aliphatic rings. The fourth-order valence-electron chi connectivity index (χ4n) is 2.35. The van der Waals surface area contributed by atoms with Gasteiger partial charge in [-0.05, 0) is 31.4 Å². The lowest BCUT2D eigenvalue weighted by atomic mass is 10.0. The maximum atomic E-state index is 11.8. The molecule has 1 fully saturated rings. The second-order valence-corrected chi connectivity index (χ2v) is 4.94. The molecule has 7 heteroatoms. The minimum absolute atomic E-state index is 0.143. The van der Waals surface area contributed by atoms with Gasteiger partial charge in [0.25, 0.3) is 0 Å². The third kappa shape index (κ3) is 4.58. The Balaban J connectivity index is 1.72. The lowest BCUT2D eigenvalue weighted by Crippen LogP contribution is -2.32. The Labute approximate surface area is 117 Å². The molecule has 0 bridgehead atoms. The fraction of sp³-hybridized carbons (Fsp3) is 0.538. The average molecular weight is 278 g/mol. The quantitative estimate of drug-likeness (QED) is 0.791. The largest absolute Gasteiger partial charge is 0.481 e. The van der Waals surface area contributed by atoms with Gasteiger partial charge in [-0.1, -0.05) is 0 Å². The van der Waals surface area contributed by atoms with E-state index in [2.05, 4.69) is 15.3 Å². The number of rotatable bonds is 6. The molecule has 108 valence electrons. The molecule has 0 aromatic carbocycles. The van der Waals surface area contributed by atoms with Crippen LogP contribution in [0, 0.1) is 5.92 Å². The predicted octanol–water partition coefficient (Wildman–Crippen LogP) is 0.602. The van der Waals surface area contributed by atoms with Crippen LogP contribution >= 0.6 is 0 Å². The molecule has 1 saturated heterocycles. The number of carboxylic acids is 1. The van der Waals surface area contributed by atoms with Crippen molar-refractivity contribution in [2.45, 2.75) is 19.3 Å². The summed E-state index contributed by atoms with van der Waals surface area (Å²) in [5.41, 5.74) is 0. The molecule has 0 saturated carbocycles. The van der Waals surface area contributed by atoms with Gasteiger partial charge in [0.15, 0.2) is 0 Å². The Hall–Kier alpha value is -2.02. The third-order valence-corrected chi connectivity index (χ3v) is 3.32. The van der Waals surface area contributed by atoms with E-state index in [1.165, 1.54) is 0 Å². The van der Waals surface area contributed by atoms with Crippen LogP contribution < -0.4 is 5.32 Å². The number of nitrogens with one attached hydrogen (secondary N) is 1. The number of nitrogens with zero attached hydrogens (tertiary/aromatic N) is 3. The SMILES string of the molecule is O=C(O)CCC1CCN(CC(=O)Nc2ncccn2)C1. The first-order valence-corrected chi connectivity index (χ1v) is 6.64. The highest BCUT2D eigenvalue weighted by atomic mass is 16.4. The van der Waals surface area contributed by atoms with Gasteiger partial charge in [-0.25, -0.2) is 9.97 Å². The van der Waals surface area contributed by atoms with Crippen molar-refractivity contribution >= 4 is 17.8 Å². The van der Waals surface area contributed by atoms with E-state index in [0.717, 1.165) is 19.5 Å². The second-order valence-electron chi connectivity index (χ2n) is 4.94. The molecule has 0 spiro atoms. The lowest BCUT2D eigenvalue weighted by Gasteiger charge is -2.14. The molecule has 20 heavy (non-hydrogen) atoms. The highest BCUT2D eigenvalue weighted by Crippen LogP contribution is 2.20. The van der Waals surface area contributed by atoms with Crippen LogP contribution in [0.1, 0.15) is 19.3 Å². The summed E-state index contributed by atoms with van der Waals surface area (Å²) in [5, 5.41) is 11.3. The van der Waals surface area contributed by atoms with Crippen LogP contribution in [0.3, 0.4) is 0 Å². The number of likely N-dealkylation sites (tertiary alicyclic amines) is 1. The normalized spacial score (nSPS) is 18.9. The van der Waals surface area contributed by atoms with Crippen LogP contribution in [-0.4, -0.2) is 51.5 Å². The van der Waals surface area contributed by atoms with Gasteiger partial charge in [-0.15, -0.1) is 0 Å². The first-order chi connectivity index (χ1) is 9.63. The van der Waals surface area contributed by atoms with E-state index < -0.39 is 5.97 Å². The lowest BCUT2D eigenvalue weighted by molar-refractivity contribution is -0.137. The van der Waals surface area contributed by atoms with Gasteiger partial charge >= 0.3 is 5.97 Å². The zero-order valence-electron chi connectivity index (χ0n) is 11.2. The number of carbonyl (C=O) groups excluding carboxylic acids is 1. The molecule has 2 N–H and O–H groups in total. The third-order valence-electron chi connectivity index (χ3n) is 3.32. The van der Waals surface area contributed by atoms with Gasteiger partial charge in [0, 0.05) is 25.4 Å². The standard InChI is InChI=1S/C13H18N4O3/c18-11(16-13-14-5-1-6-15-13)9-17-7-4-10(8-17)2-3-12(19)20/h1,5-6,10H,2-4,7-9H2,(H,19,20)(H,14,15,16,18). The molecule has 0 radical (unpaired) electrons. The molecule has 7 nitrogen and oxygen atoms in total. The summed E-state index contributed by atoms with van der Waals surface area (Å²) < 4.78 is 0. The molecule has 2 heterocycles. The van der Waals surface area contributed by atoms with Crippen LogP contribution in [0.25, 0.3) is 0 Å². The average Bonchev–Trinajstić information content (AvgIpc) is 2.85. The van der Waals surface area contributed by atoms with E-state index in [1.807, 2.05) is 4.90 Å². The van der Waals surface area contributed by atoms with Crippen molar-refractivity contribution in [2.75, 3.05) is 25.0 Å². The van der Waals surface area contributed by atoms with E-state index >= 15 is 0 Å². The monoisotopic (exact) mass is 278 g/mol. The predicted molar refractivity (Wildman–Crippen MR) is 72.1 cm³/mol. The molecule has 1 atom stereocenters. The minimum Gasteiger partial charge on any atom is -0.481 e. The summed E-state index contributed by atoms with van der Waals surface area (Å²) in [4.78, 5) is 32.2. The fourth-order valence-corrected chi connectivity index (χ4v) is 2.35. The summed E-state index contributed by atoms with van der Waals surface area (Å²) in [6, 6.07) is 1.68. The maximum absolute atomic E-state index is 11.8. The van der Waals surface area contributed by atoms with Crippen molar-refractivity contribution in [3.63, 3.8) is 0 Å². The van der Waals surface area contributed by atoms with Crippen molar-refractivity contribution in [3.8, 4) is 0 Å². The highest BCUT2D eigenvalue weighted by Gasteiger charge is 2.24. The van der Waals surface area contributed by atoms with E-state index in [9.17, 15) is 9.59 Å². The molecular weight excluding hydrogens is 260 g/mol. The van der Waals surface area contributed by atoms with Crippen molar-refractivity contribution in [1.82, 2.24) is 14.9 Å². The van der Waals surface area contributed by atoms with Crippen molar-refractivity contribution in [3.05, 3.63) is 18.5 Å². The molecule has 0 aliphatic carbocycles. The Morgan fingerprint density at radius 2 is 2.15 bits per heavy atom. The molecule has 2 rings (SSSR count). The summed E-state index contributed by atoms with van der Waals surface area (Å²) in [5.74, 6) is -0.233. The van der Waals surface area contributed by atoms with Crippen LogP contribution in [0.15, 0.2) is 18.5 Å². The second kappa shape index (κ2) is 6.95. The van der Waals surface area contributed by atoms with Gasteiger partial charge in [0.1, 0.15) is 0 Å². The zero-order valence-corrected chi connectivity index (χ0v) is 11.2. The van der Waals surface area contributed by atoms with Gasteiger partial charge in [0.05, 0.1) is 6.54 Å². The Kier molecular flexibility index (Phi) is 5.00. The van der Waals surface area contributed by atoms with Crippen LogP contribution in [0.4, 0.5) is 5.95 Å². The zero-order chi connectivity index (χ0) is 14.4. The summed E-state index contributed by atoms with van der Waals surface area (Å²) in [6.45, 7) is 1.89. The van der Waals surface area contributed by atoms with Crippen LogP contribution in [0.5, 0.6) is 0 Å².